The lowest BCUT2D eigenvalue weighted by Gasteiger charge is -2.42. The molecule has 0 atom stereocenters. The second kappa shape index (κ2) is 7.36. The second-order valence-electron chi connectivity index (χ2n) is 7.93. The molecule has 0 spiro atoms. The number of thiazole rings is 1. The lowest BCUT2D eigenvalue weighted by atomic mass is 9.70. The Morgan fingerprint density at radius 1 is 1.13 bits per heavy atom. The monoisotopic (exact) mass is 420 g/mol. The van der Waals surface area contributed by atoms with Crippen molar-refractivity contribution in [2.45, 2.75) is 31.6 Å². The number of nitrogens with two attached hydrogens (primary N) is 1. The molecule has 2 aliphatic heterocycles. The van der Waals surface area contributed by atoms with Gasteiger partial charge in [0.05, 0.1) is 5.69 Å². The molecule has 1 amide bonds. The van der Waals surface area contributed by atoms with Crippen molar-refractivity contribution in [2.24, 2.45) is 0 Å². The van der Waals surface area contributed by atoms with E-state index in [0.717, 1.165) is 49.4 Å². The van der Waals surface area contributed by atoms with Crippen LogP contribution in [0, 0.1) is 6.92 Å². The molecule has 154 valence electrons. The molecule has 4 heterocycles. The molecule has 0 aliphatic carbocycles. The fourth-order valence-electron chi connectivity index (χ4n) is 4.70. The van der Waals surface area contributed by atoms with Gasteiger partial charge in [-0.2, -0.15) is 0 Å². The zero-order valence-electron chi connectivity index (χ0n) is 16.9. The predicted molar refractivity (Wildman–Crippen MR) is 118 cm³/mol. The van der Waals surface area contributed by atoms with E-state index in [1.165, 1.54) is 16.9 Å². The van der Waals surface area contributed by atoms with Crippen LogP contribution in [0.15, 0.2) is 35.7 Å². The molecule has 0 unspecified atom stereocenters. The van der Waals surface area contributed by atoms with E-state index in [9.17, 15) is 4.79 Å². The Bertz CT molecular complexity index is 1090. The maximum absolute atomic E-state index is 12.3. The van der Waals surface area contributed by atoms with Gasteiger partial charge in [0.2, 0.25) is 0 Å². The van der Waals surface area contributed by atoms with Crippen LogP contribution >= 0.6 is 11.3 Å². The number of hydrogen-bond acceptors (Lipinski definition) is 7. The molecule has 2 aliphatic rings. The van der Waals surface area contributed by atoms with E-state index in [4.69, 9.17) is 10.7 Å². The van der Waals surface area contributed by atoms with E-state index in [2.05, 4.69) is 49.8 Å². The minimum absolute atomic E-state index is 0.100. The van der Waals surface area contributed by atoms with Crippen LogP contribution in [0.1, 0.15) is 46.0 Å². The Balaban J connectivity index is 1.50. The number of carbonyl (C=O) groups is 1. The molecule has 5 rings (SSSR count). The fraction of sp³-hybridized carbons (Fsp3) is 0.364. The van der Waals surface area contributed by atoms with Crippen molar-refractivity contribution in [3.05, 3.63) is 64.1 Å². The molecule has 30 heavy (non-hydrogen) atoms. The molecule has 0 bridgehead atoms. The second-order valence-corrected chi connectivity index (χ2v) is 8.82. The Morgan fingerprint density at radius 3 is 2.60 bits per heavy atom. The van der Waals surface area contributed by atoms with Crippen LogP contribution in [-0.4, -0.2) is 40.5 Å². The van der Waals surface area contributed by atoms with E-state index in [1.807, 2.05) is 13.0 Å². The van der Waals surface area contributed by atoms with Crippen LogP contribution in [0.2, 0.25) is 0 Å². The largest absolute Gasteiger partial charge is 0.375 e. The first-order valence-electron chi connectivity index (χ1n) is 10.2. The number of nitrogens with zero attached hydrogens (tertiary/aromatic N) is 4. The van der Waals surface area contributed by atoms with Crippen molar-refractivity contribution >= 4 is 28.2 Å². The van der Waals surface area contributed by atoms with Gasteiger partial charge in [-0.3, -0.25) is 4.79 Å². The third-order valence-corrected chi connectivity index (χ3v) is 6.90. The summed E-state index contributed by atoms with van der Waals surface area (Å²) in [6.07, 6.45) is 2.58. The Kier molecular flexibility index (Phi) is 4.66. The first-order valence-corrected chi connectivity index (χ1v) is 11.1. The van der Waals surface area contributed by atoms with Gasteiger partial charge in [-0.25, -0.2) is 15.0 Å². The van der Waals surface area contributed by atoms with Crippen molar-refractivity contribution in [3.63, 3.8) is 0 Å². The third kappa shape index (κ3) is 3.11. The summed E-state index contributed by atoms with van der Waals surface area (Å²) in [7, 11) is 0. The van der Waals surface area contributed by atoms with Gasteiger partial charge in [-0.05, 0) is 31.7 Å². The highest BCUT2D eigenvalue weighted by atomic mass is 32.1. The summed E-state index contributed by atoms with van der Waals surface area (Å²) in [5, 5.41) is 5.59. The summed E-state index contributed by atoms with van der Waals surface area (Å²) < 4.78 is 0. The number of benzene rings is 1. The summed E-state index contributed by atoms with van der Waals surface area (Å²) in [5.41, 5.74) is 9.64. The molecule has 3 aromatic rings. The zero-order valence-corrected chi connectivity index (χ0v) is 17.7. The normalized spacial score (nSPS) is 18.0. The van der Waals surface area contributed by atoms with Gasteiger partial charge in [-0.1, -0.05) is 30.3 Å². The number of rotatable bonds is 3. The minimum atomic E-state index is -0.161. The lowest BCUT2D eigenvalue weighted by molar-refractivity contribution is 0.0940. The predicted octanol–water partition coefficient (Wildman–Crippen LogP) is 2.70. The van der Waals surface area contributed by atoms with E-state index in [-0.39, 0.29) is 11.3 Å². The van der Waals surface area contributed by atoms with E-state index < -0.39 is 0 Å². The number of carbonyl (C=O) groups excluding carboxylic acids is 1. The van der Waals surface area contributed by atoms with Gasteiger partial charge < -0.3 is 16.0 Å². The number of piperidine rings is 1. The van der Waals surface area contributed by atoms with E-state index in [1.54, 1.807) is 0 Å². The summed E-state index contributed by atoms with van der Waals surface area (Å²) in [4.78, 5) is 28.4. The van der Waals surface area contributed by atoms with Gasteiger partial charge in [-0.15, -0.1) is 11.3 Å². The number of fused-ring (bicyclic) bond motifs is 1. The molecule has 0 radical (unpaired) electrons. The zero-order chi connectivity index (χ0) is 20.7. The SMILES string of the molecule is Cc1nc2c(c(N3CCC(c4ccccc4)(c4csc(N)n4)CC3)n1)CCNC2=O. The molecule has 1 saturated heterocycles. The highest BCUT2D eigenvalue weighted by Crippen LogP contribution is 2.43. The summed E-state index contributed by atoms with van der Waals surface area (Å²) >= 11 is 1.50. The smallest absolute Gasteiger partial charge is 0.270 e. The van der Waals surface area contributed by atoms with Crippen molar-refractivity contribution in [1.82, 2.24) is 20.3 Å². The van der Waals surface area contributed by atoms with Crippen molar-refractivity contribution in [3.8, 4) is 0 Å². The summed E-state index contributed by atoms with van der Waals surface area (Å²) in [5.74, 6) is 1.44. The molecule has 2 aromatic heterocycles. The molecule has 0 saturated carbocycles. The molecule has 1 fully saturated rings. The van der Waals surface area contributed by atoms with E-state index >= 15 is 0 Å². The Morgan fingerprint density at radius 2 is 1.90 bits per heavy atom. The van der Waals surface area contributed by atoms with Gasteiger partial charge in [0.25, 0.3) is 5.91 Å². The molecular formula is C22H24N6OS. The average Bonchev–Trinajstić information content (AvgIpc) is 3.21. The fourth-order valence-corrected chi connectivity index (χ4v) is 5.36. The van der Waals surface area contributed by atoms with Crippen molar-refractivity contribution < 1.29 is 4.79 Å². The Hall–Kier alpha value is -3.00. The minimum Gasteiger partial charge on any atom is -0.375 e. The number of aryl methyl sites for hydroxylation is 1. The maximum Gasteiger partial charge on any atom is 0.270 e. The summed E-state index contributed by atoms with van der Waals surface area (Å²) in [6.45, 7) is 4.14. The van der Waals surface area contributed by atoms with Crippen LogP contribution in [0.4, 0.5) is 10.9 Å². The van der Waals surface area contributed by atoms with Gasteiger partial charge in [0.1, 0.15) is 17.3 Å². The quantitative estimate of drug-likeness (QED) is 0.676. The number of anilines is 2. The van der Waals surface area contributed by atoms with Gasteiger partial charge in [0, 0.05) is 36.0 Å². The van der Waals surface area contributed by atoms with E-state index in [0.29, 0.717) is 23.2 Å². The Labute approximate surface area is 179 Å². The maximum atomic E-state index is 12.3. The first kappa shape index (κ1) is 19.0. The molecule has 3 N–H and O–H groups in total. The number of hydrogen-bond donors (Lipinski definition) is 2. The van der Waals surface area contributed by atoms with Crippen LogP contribution in [0.25, 0.3) is 0 Å². The van der Waals surface area contributed by atoms with Gasteiger partial charge in [0.15, 0.2) is 5.13 Å². The highest BCUT2D eigenvalue weighted by molar-refractivity contribution is 7.13. The van der Waals surface area contributed by atoms with Crippen molar-refractivity contribution in [2.75, 3.05) is 30.3 Å². The van der Waals surface area contributed by atoms with Crippen LogP contribution in [0.5, 0.6) is 0 Å². The molecule has 7 nitrogen and oxygen atoms in total. The average molecular weight is 421 g/mol. The first-order chi connectivity index (χ1) is 14.6. The van der Waals surface area contributed by atoms with Crippen LogP contribution in [-0.2, 0) is 11.8 Å². The van der Waals surface area contributed by atoms with Crippen LogP contribution in [0.3, 0.4) is 0 Å². The standard InChI is InChI=1S/C22H24N6OS/c1-14-25-18-16(7-10-24-20(18)29)19(26-14)28-11-8-22(9-12-28,15-5-3-2-4-6-15)17-13-30-21(23)27-17/h2-6,13H,7-12H2,1H3,(H2,23,27)(H,24,29). The van der Waals surface area contributed by atoms with Crippen molar-refractivity contribution in [1.29, 1.82) is 0 Å². The number of nitrogen functional groups attached to an aromatic ring is 1. The van der Waals surface area contributed by atoms with Gasteiger partial charge >= 0.3 is 0 Å². The molecular weight excluding hydrogens is 396 g/mol. The molecule has 8 heteroatoms. The topological polar surface area (TPSA) is 97.0 Å². The lowest BCUT2D eigenvalue weighted by Crippen LogP contribution is -2.45. The highest BCUT2D eigenvalue weighted by Gasteiger charge is 2.41. The summed E-state index contributed by atoms with van der Waals surface area (Å²) in [6, 6.07) is 10.6. The number of aromatic nitrogens is 3. The molecule has 1 aromatic carbocycles. The number of nitrogens with one attached hydrogen (secondary N) is 1. The third-order valence-electron chi connectivity index (χ3n) is 6.23. The number of amides is 1. The van der Waals surface area contributed by atoms with Crippen LogP contribution < -0.4 is 16.0 Å².